The monoisotopic (exact) mass is 207 g/mol. The maximum atomic E-state index is 3.59. The van der Waals surface area contributed by atoms with E-state index < -0.39 is 0 Å². The molecular weight excluding hydrogens is 186 g/mol. The standard InChI is InChI=1S/C12H21N3/c1-9-5-6-10(2)15(9)13-12-7-11(3)14(4)8-12/h5-6,11-13H,7-8H2,1-4H3. The Morgan fingerprint density at radius 2 is 1.87 bits per heavy atom. The molecule has 1 N–H and O–H groups in total. The molecule has 2 atom stereocenters. The second-order valence-electron chi connectivity index (χ2n) is 4.80. The van der Waals surface area contributed by atoms with Crippen LogP contribution < -0.4 is 5.43 Å². The van der Waals surface area contributed by atoms with Crippen LogP contribution in [0.1, 0.15) is 24.7 Å². The van der Waals surface area contributed by atoms with Gasteiger partial charge in [0.1, 0.15) is 0 Å². The zero-order valence-corrected chi connectivity index (χ0v) is 10.1. The Hall–Kier alpha value is -0.960. The lowest BCUT2D eigenvalue weighted by atomic mass is 10.2. The Morgan fingerprint density at radius 1 is 1.27 bits per heavy atom. The quantitative estimate of drug-likeness (QED) is 0.797. The molecule has 3 nitrogen and oxygen atoms in total. The van der Waals surface area contributed by atoms with Gasteiger partial charge in [0.15, 0.2) is 0 Å². The first-order valence-corrected chi connectivity index (χ1v) is 5.69. The van der Waals surface area contributed by atoms with Gasteiger partial charge in [-0.15, -0.1) is 0 Å². The van der Waals surface area contributed by atoms with Gasteiger partial charge in [0, 0.05) is 24.0 Å². The number of rotatable bonds is 2. The molecule has 0 bridgehead atoms. The van der Waals surface area contributed by atoms with E-state index in [9.17, 15) is 0 Å². The van der Waals surface area contributed by atoms with Gasteiger partial charge >= 0.3 is 0 Å². The molecule has 3 heteroatoms. The van der Waals surface area contributed by atoms with Gasteiger partial charge in [-0.3, -0.25) is 4.68 Å². The summed E-state index contributed by atoms with van der Waals surface area (Å²) >= 11 is 0. The van der Waals surface area contributed by atoms with Crippen molar-refractivity contribution in [1.82, 2.24) is 9.58 Å². The average molecular weight is 207 g/mol. The summed E-state index contributed by atoms with van der Waals surface area (Å²) in [6.07, 6.45) is 1.23. The van der Waals surface area contributed by atoms with Crippen LogP contribution in [0, 0.1) is 13.8 Å². The van der Waals surface area contributed by atoms with E-state index >= 15 is 0 Å². The zero-order chi connectivity index (χ0) is 11.0. The van der Waals surface area contributed by atoms with E-state index in [0.717, 1.165) is 6.54 Å². The van der Waals surface area contributed by atoms with Crippen molar-refractivity contribution in [3.63, 3.8) is 0 Å². The Labute approximate surface area is 92.0 Å². The van der Waals surface area contributed by atoms with Crippen molar-refractivity contribution in [1.29, 1.82) is 0 Å². The fraction of sp³-hybridized carbons (Fsp3) is 0.667. The number of nitrogens with one attached hydrogen (secondary N) is 1. The topological polar surface area (TPSA) is 20.2 Å². The number of aromatic nitrogens is 1. The minimum absolute atomic E-state index is 0.579. The van der Waals surface area contributed by atoms with Crippen molar-refractivity contribution < 1.29 is 0 Å². The van der Waals surface area contributed by atoms with E-state index in [-0.39, 0.29) is 0 Å². The summed E-state index contributed by atoms with van der Waals surface area (Å²) < 4.78 is 2.20. The van der Waals surface area contributed by atoms with Crippen LogP contribution in [0.4, 0.5) is 0 Å². The molecule has 1 aromatic rings. The van der Waals surface area contributed by atoms with Crippen LogP contribution in [0.15, 0.2) is 12.1 Å². The first-order chi connectivity index (χ1) is 7.08. The Kier molecular flexibility index (Phi) is 2.74. The maximum absolute atomic E-state index is 3.59. The number of likely N-dealkylation sites (tertiary alicyclic amines) is 1. The maximum Gasteiger partial charge on any atom is 0.0566 e. The van der Waals surface area contributed by atoms with E-state index in [2.05, 4.69) is 55.0 Å². The molecule has 0 aliphatic carbocycles. The SMILES string of the molecule is Cc1ccc(C)n1NC1CC(C)N(C)C1. The molecule has 0 amide bonds. The summed E-state index contributed by atoms with van der Waals surface area (Å²) in [6.45, 7) is 7.71. The van der Waals surface area contributed by atoms with Gasteiger partial charge in [-0.2, -0.15) is 0 Å². The van der Waals surface area contributed by atoms with Crippen LogP contribution in [0.2, 0.25) is 0 Å². The molecule has 0 radical (unpaired) electrons. The third-order valence-corrected chi connectivity index (χ3v) is 3.47. The molecule has 1 aliphatic heterocycles. The van der Waals surface area contributed by atoms with Gasteiger partial charge in [-0.25, -0.2) is 0 Å². The zero-order valence-electron chi connectivity index (χ0n) is 10.1. The summed E-state index contributed by atoms with van der Waals surface area (Å²) in [5.74, 6) is 0. The second-order valence-corrected chi connectivity index (χ2v) is 4.80. The lowest BCUT2D eigenvalue weighted by Crippen LogP contribution is -2.31. The van der Waals surface area contributed by atoms with Gasteiger partial charge in [-0.05, 0) is 46.4 Å². The molecule has 2 rings (SSSR count). The van der Waals surface area contributed by atoms with Crippen molar-refractivity contribution in [2.24, 2.45) is 0 Å². The van der Waals surface area contributed by atoms with Crippen molar-refractivity contribution in [3.8, 4) is 0 Å². The van der Waals surface area contributed by atoms with Crippen LogP contribution in [0.3, 0.4) is 0 Å². The largest absolute Gasteiger partial charge is 0.322 e. The highest BCUT2D eigenvalue weighted by atomic mass is 15.4. The molecule has 0 aromatic carbocycles. The Balaban J connectivity index is 2.04. The number of hydrogen-bond acceptors (Lipinski definition) is 2. The van der Waals surface area contributed by atoms with E-state index in [4.69, 9.17) is 0 Å². The van der Waals surface area contributed by atoms with Crippen molar-refractivity contribution >= 4 is 0 Å². The molecule has 1 fully saturated rings. The minimum Gasteiger partial charge on any atom is -0.322 e. The van der Waals surface area contributed by atoms with E-state index in [1.807, 2.05) is 0 Å². The number of likely N-dealkylation sites (N-methyl/N-ethyl adjacent to an activating group) is 1. The predicted octanol–water partition coefficient (Wildman–Crippen LogP) is 1.74. The fourth-order valence-electron chi connectivity index (χ4n) is 2.34. The van der Waals surface area contributed by atoms with Crippen LogP contribution in [0.5, 0.6) is 0 Å². The number of nitrogens with zero attached hydrogens (tertiary/aromatic N) is 2. The highest BCUT2D eigenvalue weighted by molar-refractivity contribution is 5.16. The van der Waals surface area contributed by atoms with Gasteiger partial charge in [-0.1, -0.05) is 0 Å². The molecule has 1 aliphatic rings. The molecule has 2 unspecified atom stereocenters. The molecule has 15 heavy (non-hydrogen) atoms. The summed E-state index contributed by atoms with van der Waals surface area (Å²) in [5, 5.41) is 0. The summed E-state index contributed by atoms with van der Waals surface area (Å²) in [4.78, 5) is 2.41. The third-order valence-electron chi connectivity index (χ3n) is 3.47. The predicted molar refractivity (Wildman–Crippen MR) is 63.8 cm³/mol. The second kappa shape index (κ2) is 3.89. The van der Waals surface area contributed by atoms with Crippen molar-refractivity contribution in [2.45, 2.75) is 39.3 Å². The highest BCUT2D eigenvalue weighted by Gasteiger charge is 2.26. The summed E-state index contributed by atoms with van der Waals surface area (Å²) in [7, 11) is 2.20. The van der Waals surface area contributed by atoms with Gasteiger partial charge < -0.3 is 10.3 Å². The summed E-state index contributed by atoms with van der Waals surface area (Å²) in [6, 6.07) is 5.59. The molecule has 0 spiro atoms. The Morgan fingerprint density at radius 3 is 2.33 bits per heavy atom. The molecular formula is C12H21N3. The first kappa shape index (κ1) is 10.6. The van der Waals surface area contributed by atoms with E-state index in [1.165, 1.54) is 17.8 Å². The van der Waals surface area contributed by atoms with Crippen molar-refractivity contribution in [2.75, 3.05) is 19.0 Å². The third kappa shape index (κ3) is 2.02. The van der Waals surface area contributed by atoms with Crippen molar-refractivity contribution in [3.05, 3.63) is 23.5 Å². The highest BCUT2D eigenvalue weighted by Crippen LogP contribution is 2.16. The van der Waals surface area contributed by atoms with E-state index in [0.29, 0.717) is 12.1 Å². The Bertz CT molecular complexity index is 313. The molecule has 1 aromatic heterocycles. The van der Waals surface area contributed by atoms with Crippen LogP contribution in [0.25, 0.3) is 0 Å². The van der Waals surface area contributed by atoms with Gasteiger partial charge in [0.25, 0.3) is 0 Å². The van der Waals surface area contributed by atoms with E-state index in [1.54, 1.807) is 0 Å². The average Bonchev–Trinajstić information content (AvgIpc) is 2.64. The molecule has 84 valence electrons. The summed E-state index contributed by atoms with van der Waals surface area (Å²) in [5.41, 5.74) is 6.17. The smallest absolute Gasteiger partial charge is 0.0566 e. The van der Waals surface area contributed by atoms with Crippen LogP contribution in [-0.2, 0) is 0 Å². The van der Waals surface area contributed by atoms with Gasteiger partial charge in [0.05, 0.1) is 6.04 Å². The first-order valence-electron chi connectivity index (χ1n) is 5.69. The lowest BCUT2D eigenvalue weighted by molar-refractivity contribution is 0.329. The minimum atomic E-state index is 0.579. The van der Waals surface area contributed by atoms with Gasteiger partial charge in [0.2, 0.25) is 0 Å². The van der Waals surface area contributed by atoms with Crippen LogP contribution >= 0.6 is 0 Å². The van der Waals surface area contributed by atoms with Crippen LogP contribution in [-0.4, -0.2) is 35.3 Å². The molecule has 1 saturated heterocycles. The normalized spacial score (nSPS) is 27.2. The molecule has 2 heterocycles. The lowest BCUT2D eigenvalue weighted by Gasteiger charge is -2.18. The number of aryl methyl sites for hydroxylation is 2. The molecule has 0 saturated carbocycles. The number of hydrogen-bond donors (Lipinski definition) is 1. The fourth-order valence-corrected chi connectivity index (χ4v) is 2.34.